The SMILES string of the molecule is Cc1cc(C(=O)N2CCC3NCCC3C2)ccc1F. The normalized spacial score (nSPS) is 26.3. The van der Waals surface area contributed by atoms with E-state index >= 15 is 0 Å². The van der Waals surface area contributed by atoms with Crippen LogP contribution in [0, 0.1) is 18.7 Å². The third kappa shape index (κ3) is 2.37. The molecule has 2 saturated heterocycles. The molecule has 0 radical (unpaired) electrons. The molecular formula is C15H19FN2O. The van der Waals surface area contributed by atoms with Gasteiger partial charge in [0.25, 0.3) is 5.91 Å². The minimum Gasteiger partial charge on any atom is -0.338 e. The number of rotatable bonds is 1. The first-order chi connectivity index (χ1) is 9.15. The maximum atomic E-state index is 13.2. The number of hydrogen-bond acceptors (Lipinski definition) is 2. The first kappa shape index (κ1) is 12.6. The highest BCUT2D eigenvalue weighted by Crippen LogP contribution is 2.25. The number of piperidine rings is 1. The Hall–Kier alpha value is -1.42. The Balaban J connectivity index is 1.74. The summed E-state index contributed by atoms with van der Waals surface area (Å²) in [6.45, 7) is 4.38. The summed E-state index contributed by atoms with van der Waals surface area (Å²) < 4.78 is 13.2. The van der Waals surface area contributed by atoms with Gasteiger partial charge in [-0.1, -0.05) is 0 Å². The molecule has 0 spiro atoms. The van der Waals surface area contributed by atoms with Gasteiger partial charge in [-0.2, -0.15) is 0 Å². The molecule has 1 N–H and O–H groups in total. The van der Waals surface area contributed by atoms with E-state index in [4.69, 9.17) is 0 Å². The molecule has 2 atom stereocenters. The summed E-state index contributed by atoms with van der Waals surface area (Å²) >= 11 is 0. The fraction of sp³-hybridized carbons (Fsp3) is 0.533. The van der Waals surface area contributed by atoms with Crippen LogP contribution < -0.4 is 5.32 Å². The molecule has 2 aliphatic heterocycles. The third-order valence-electron chi connectivity index (χ3n) is 4.35. The highest BCUT2D eigenvalue weighted by atomic mass is 19.1. The number of nitrogens with zero attached hydrogens (tertiary/aromatic N) is 1. The van der Waals surface area contributed by atoms with E-state index in [0.717, 1.165) is 32.5 Å². The van der Waals surface area contributed by atoms with Crippen molar-refractivity contribution in [2.75, 3.05) is 19.6 Å². The van der Waals surface area contributed by atoms with Crippen molar-refractivity contribution < 1.29 is 9.18 Å². The van der Waals surface area contributed by atoms with Crippen molar-refractivity contribution in [1.82, 2.24) is 10.2 Å². The maximum absolute atomic E-state index is 13.2. The highest BCUT2D eigenvalue weighted by Gasteiger charge is 2.34. The third-order valence-corrected chi connectivity index (χ3v) is 4.35. The minimum absolute atomic E-state index is 0.0356. The molecule has 0 bridgehead atoms. The zero-order valence-electron chi connectivity index (χ0n) is 11.2. The summed E-state index contributed by atoms with van der Waals surface area (Å²) in [5, 5.41) is 3.49. The lowest BCUT2D eigenvalue weighted by atomic mass is 9.93. The van der Waals surface area contributed by atoms with E-state index in [1.54, 1.807) is 19.1 Å². The zero-order valence-corrected chi connectivity index (χ0v) is 11.2. The number of amides is 1. The van der Waals surface area contributed by atoms with Crippen LogP contribution in [0.2, 0.25) is 0 Å². The molecule has 3 rings (SSSR count). The molecule has 0 aromatic heterocycles. The Labute approximate surface area is 112 Å². The number of fused-ring (bicyclic) bond motifs is 1. The van der Waals surface area contributed by atoms with Gasteiger partial charge < -0.3 is 10.2 Å². The molecular weight excluding hydrogens is 243 g/mol. The molecule has 0 aliphatic carbocycles. The molecule has 102 valence electrons. The molecule has 0 saturated carbocycles. The maximum Gasteiger partial charge on any atom is 0.253 e. The van der Waals surface area contributed by atoms with Crippen molar-refractivity contribution in [2.45, 2.75) is 25.8 Å². The number of halogens is 1. The van der Waals surface area contributed by atoms with E-state index in [0.29, 0.717) is 23.1 Å². The van der Waals surface area contributed by atoms with Crippen LogP contribution in [0.15, 0.2) is 18.2 Å². The Morgan fingerprint density at radius 3 is 3.05 bits per heavy atom. The second kappa shape index (κ2) is 4.93. The Kier molecular flexibility index (Phi) is 3.27. The Morgan fingerprint density at radius 2 is 2.26 bits per heavy atom. The van der Waals surface area contributed by atoms with E-state index < -0.39 is 0 Å². The van der Waals surface area contributed by atoms with Gasteiger partial charge in [0.2, 0.25) is 0 Å². The molecule has 4 heteroatoms. The molecule has 2 heterocycles. The second-order valence-corrected chi connectivity index (χ2v) is 5.61. The van der Waals surface area contributed by atoms with Gasteiger partial charge in [0.1, 0.15) is 5.82 Å². The van der Waals surface area contributed by atoms with Gasteiger partial charge in [-0.3, -0.25) is 4.79 Å². The predicted molar refractivity (Wildman–Crippen MR) is 71.6 cm³/mol. The summed E-state index contributed by atoms with van der Waals surface area (Å²) in [6, 6.07) is 5.20. The van der Waals surface area contributed by atoms with Crippen molar-refractivity contribution in [2.24, 2.45) is 5.92 Å². The van der Waals surface area contributed by atoms with Crippen molar-refractivity contribution in [3.05, 3.63) is 35.1 Å². The molecule has 1 amide bonds. The lowest BCUT2D eigenvalue weighted by Gasteiger charge is -2.35. The molecule has 1 aromatic rings. The fourth-order valence-corrected chi connectivity index (χ4v) is 3.19. The van der Waals surface area contributed by atoms with Gasteiger partial charge in [0.15, 0.2) is 0 Å². The van der Waals surface area contributed by atoms with Crippen LogP contribution in [0.5, 0.6) is 0 Å². The monoisotopic (exact) mass is 262 g/mol. The summed E-state index contributed by atoms with van der Waals surface area (Å²) in [7, 11) is 0. The van der Waals surface area contributed by atoms with Crippen LogP contribution in [0.4, 0.5) is 4.39 Å². The minimum atomic E-state index is -0.254. The van der Waals surface area contributed by atoms with E-state index in [9.17, 15) is 9.18 Å². The summed E-state index contributed by atoms with van der Waals surface area (Å²) in [6.07, 6.45) is 2.17. The van der Waals surface area contributed by atoms with Crippen LogP contribution in [-0.2, 0) is 0 Å². The predicted octanol–water partition coefficient (Wildman–Crippen LogP) is 1.96. The molecule has 2 fully saturated rings. The van der Waals surface area contributed by atoms with Gasteiger partial charge in [0.05, 0.1) is 0 Å². The van der Waals surface area contributed by atoms with Crippen LogP contribution >= 0.6 is 0 Å². The van der Waals surface area contributed by atoms with E-state index in [2.05, 4.69) is 5.32 Å². The van der Waals surface area contributed by atoms with Gasteiger partial charge >= 0.3 is 0 Å². The van der Waals surface area contributed by atoms with Gasteiger partial charge in [0, 0.05) is 24.7 Å². The quantitative estimate of drug-likeness (QED) is 0.839. The first-order valence-corrected chi connectivity index (χ1v) is 6.94. The molecule has 3 nitrogen and oxygen atoms in total. The topological polar surface area (TPSA) is 32.3 Å². The van der Waals surface area contributed by atoms with Crippen molar-refractivity contribution >= 4 is 5.91 Å². The number of benzene rings is 1. The van der Waals surface area contributed by atoms with Crippen molar-refractivity contribution in [3.8, 4) is 0 Å². The fourth-order valence-electron chi connectivity index (χ4n) is 3.19. The van der Waals surface area contributed by atoms with Gasteiger partial charge in [-0.25, -0.2) is 4.39 Å². The summed E-state index contributed by atoms with van der Waals surface area (Å²) in [5.41, 5.74) is 1.13. The van der Waals surface area contributed by atoms with E-state index in [-0.39, 0.29) is 11.7 Å². The average molecular weight is 262 g/mol. The number of nitrogens with one attached hydrogen (secondary N) is 1. The molecule has 19 heavy (non-hydrogen) atoms. The second-order valence-electron chi connectivity index (χ2n) is 5.61. The molecule has 2 aliphatic rings. The van der Waals surface area contributed by atoms with Crippen LogP contribution in [0.25, 0.3) is 0 Å². The number of carbonyl (C=O) groups excluding carboxylic acids is 1. The van der Waals surface area contributed by atoms with Crippen molar-refractivity contribution in [1.29, 1.82) is 0 Å². The smallest absolute Gasteiger partial charge is 0.253 e. The number of likely N-dealkylation sites (tertiary alicyclic amines) is 1. The van der Waals surface area contributed by atoms with Crippen LogP contribution in [0.1, 0.15) is 28.8 Å². The Morgan fingerprint density at radius 1 is 1.42 bits per heavy atom. The lowest BCUT2D eigenvalue weighted by molar-refractivity contribution is 0.0662. The zero-order chi connectivity index (χ0) is 13.4. The first-order valence-electron chi connectivity index (χ1n) is 6.94. The number of aryl methyl sites for hydroxylation is 1. The van der Waals surface area contributed by atoms with Crippen molar-refractivity contribution in [3.63, 3.8) is 0 Å². The molecule has 1 aromatic carbocycles. The summed E-state index contributed by atoms with van der Waals surface area (Å²) in [5.74, 6) is 0.364. The largest absolute Gasteiger partial charge is 0.338 e. The lowest BCUT2D eigenvalue weighted by Crippen LogP contribution is -2.46. The number of carbonyl (C=O) groups is 1. The Bertz CT molecular complexity index is 503. The van der Waals surface area contributed by atoms with Crippen LogP contribution in [-0.4, -0.2) is 36.5 Å². The average Bonchev–Trinajstić information content (AvgIpc) is 2.88. The number of hydrogen-bond donors (Lipinski definition) is 1. The van der Waals surface area contributed by atoms with Gasteiger partial charge in [-0.05, 0) is 56.0 Å². The molecule has 2 unspecified atom stereocenters. The van der Waals surface area contributed by atoms with Gasteiger partial charge in [-0.15, -0.1) is 0 Å². The van der Waals surface area contributed by atoms with E-state index in [1.165, 1.54) is 6.07 Å². The van der Waals surface area contributed by atoms with E-state index in [1.807, 2.05) is 4.90 Å². The van der Waals surface area contributed by atoms with Crippen LogP contribution in [0.3, 0.4) is 0 Å². The summed E-state index contributed by atoms with van der Waals surface area (Å²) in [4.78, 5) is 14.4. The standard InChI is InChI=1S/C15H19FN2O/c1-10-8-11(2-3-13(10)16)15(19)18-7-5-14-12(9-18)4-6-17-14/h2-3,8,12,14,17H,4-7,9H2,1H3. The highest BCUT2D eigenvalue weighted by molar-refractivity contribution is 5.94.